The molecule has 0 radical (unpaired) electrons. The van der Waals surface area contributed by atoms with Gasteiger partial charge >= 0.3 is 0 Å². The van der Waals surface area contributed by atoms with Gasteiger partial charge in [0.2, 0.25) is 0 Å². The molecule has 1 rings (SSSR count). The minimum Gasteiger partial charge on any atom is -0.331 e. The van der Waals surface area contributed by atoms with Crippen LogP contribution in [0.4, 0.5) is 5.69 Å². The summed E-state index contributed by atoms with van der Waals surface area (Å²) in [5, 5.41) is 11.3. The maximum Gasteiger partial charge on any atom is 0.194 e. The highest BCUT2D eigenvalue weighted by molar-refractivity contribution is 7.80. The number of hydroxylamine groups is 1. The van der Waals surface area contributed by atoms with Gasteiger partial charge in [0, 0.05) is 5.69 Å². The van der Waals surface area contributed by atoms with Crippen molar-refractivity contribution in [2.45, 2.75) is 0 Å². The van der Waals surface area contributed by atoms with Gasteiger partial charge in [0.25, 0.3) is 0 Å². The van der Waals surface area contributed by atoms with Gasteiger partial charge in [-0.25, -0.2) is 5.48 Å². The SMILES string of the molecule is ONC(=S)Nc1ccccc1. The number of benzene rings is 1. The maximum absolute atomic E-state index is 8.34. The zero-order valence-corrected chi connectivity index (χ0v) is 6.56. The molecule has 0 saturated heterocycles. The molecule has 0 amide bonds. The van der Waals surface area contributed by atoms with Gasteiger partial charge in [-0.15, -0.1) is 0 Å². The van der Waals surface area contributed by atoms with Gasteiger partial charge < -0.3 is 5.32 Å². The van der Waals surface area contributed by atoms with Gasteiger partial charge in [-0.05, 0) is 24.4 Å². The Morgan fingerprint density at radius 3 is 2.45 bits per heavy atom. The van der Waals surface area contributed by atoms with E-state index in [1.807, 2.05) is 35.8 Å². The van der Waals surface area contributed by atoms with Crippen molar-refractivity contribution in [3.63, 3.8) is 0 Å². The average Bonchev–Trinajstić information content (AvgIpc) is 2.06. The van der Waals surface area contributed by atoms with Crippen LogP contribution in [0.2, 0.25) is 0 Å². The van der Waals surface area contributed by atoms with E-state index in [0.29, 0.717) is 0 Å². The molecule has 0 heterocycles. The topological polar surface area (TPSA) is 44.3 Å². The highest BCUT2D eigenvalue weighted by Crippen LogP contribution is 2.03. The normalized spacial score (nSPS) is 8.82. The monoisotopic (exact) mass is 168 g/mol. The van der Waals surface area contributed by atoms with Crippen molar-refractivity contribution in [1.82, 2.24) is 5.48 Å². The van der Waals surface area contributed by atoms with Crippen molar-refractivity contribution < 1.29 is 5.21 Å². The Morgan fingerprint density at radius 1 is 1.27 bits per heavy atom. The molecule has 58 valence electrons. The third-order valence-electron chi connectivity index (χ3n) is 1.13. The van der Waals surface area contributed by atoms with Gasteiger partial charge in [0.15, 0.2) is 5.11 Å². The molecule has 1 aromatic rings. The predicted octanol–water partition coefficient (Wildman–Crippen LogP) is 1.36. The Morgan fingerprint density at radius 2 is 1.91 bits per heavy atom. The van der Waals surface area contributed by atoms with Gasteiger partial charge in [0.1, 0.15) is 0 Å². The van der Waals surface area contributed by atoms with E-state index in [1.54, 1.807) is 0 Å². The Bertz CT molecular complexity index is 237. The second kappa shape index (κ2) is 3.90. The fourth-order valence-corrected chi connectivity index (χ4v) is 0.798. The number of hydrogen-bond acceptors (Lipinski definition) is 2. The molecule has 0 fully saturated rings. The number of para-hydroxylation sites is 1. The van der Waals surface area contributed by atoms with Crippen LogP contribution in [0.1, 0.15) is 0 Å². The summed E-state index contributed by atoms with van der Waals surface area (Å²) < 4.78 is 0. The lowest BCUT2D eigenvalue weighted by molar-refractivity contribution is 0.237. The van der Waals surface area contributed by atoms with E-state index in [0.717, 1.165) is 5.69 Å². The van der Waals surface area contributed by atoms with Crippen LogP contribution in [0.25, 0.3) is 0 Å². The molecule has 0 atom stereocenters. The molecule has 4 heteroatoms. The molecule has 0 aliphatic rings. The van der Waals surface area contributed by atoms with E-state index in [2.05, 4.69) is 17.5 Å². The third-order valence-corrected chi connectivity index (χ3v) is 1.33. The Hall–Kier alpha value is -1.13. The molecule has 0 unspecified atom stereocenters. The first-order chi connectivity index (χ1) is 5.33. The predicted molar refractivity (Wildman–Crippen MR) is 47.6 cm³/mol. The first-order valence-electron chi connectivity index (χ1n) is 3.09. The molecular formula is C7H8N2OS. The molecule has 1 aromatic carbocycles. The highest BCUT2D eigenvalue weighted by Gasteiger charge is 1.91. The number of nitrogens with one attached hydrogen (secondary N) is 2. The second-order valence-corrected chi connectivity index (χ2v) is 2.34. The molecular weight excluding hydrogens is 160 g/mol. The van der Waals surface area contributed by atoms with Crippen molar-refractivity contribution in [2.24, 2.45) is 0 Å². The van der Waals surface area contributed by atoms with Crippen LogP contribution in [0.5, 0.6) is 0 Å². The third kappa shape index (κ3) is 2.53. The number of thiocarbonyl (C=S) groups is 1. The summed E-state index contributed by atoms with van der Waals surface area (Å²) in [5.74, 6) is 0. The Balaban J connectivity index is 2.58. The van der Waals surface area contributed by atoms with E-state index in [4.69, 9.17) is 5.21 Å². The Labute approximate surface area is 70.0 Å². The molecule has 0 aliphatic heterocycles. The first kappa shape index (κ1) is 7.97. The molecule has 3 N–H and O–H groups in total. The second-order valence-electron chi connectivity index (χ2n) is 1.93. The van der Waals surface area contributed by atoms with E-state index in [-0.39, 0.29) is 5.11 Å². The molecule has 11 heavy (non-hydrogen) atoms. The van der Waals surface area contributed by atoms with E-state index < -0.39 is 0 Å². The zero-order valence-electron chi connectivity index (χ0n) is 5.74. The van der Waals surface area contributed by atoms with Gasteiger partial charge in [-0.1, -0.05) is 18.2 Å². The fraction of sp³-hybridized carbons (Fsp3) is 0. The smallest absolute Gasteiger partial charge is 0.194 e. The molecule has 0 bridgehead atoms. The minimum atomic E-state index is 0.191. The van der Waals surface area contributed by atoms with Crippen LogP contribution in [0.15, 0.2) is 30.3 Å². The number of hydrogen-bond donors (Lipinski definition) is 3. The molecule has 3 nitrogen and oxygen atoms in total. The lowest BCUT2D eigenvalue weighted by Crippen LogP contribution is -2.24. The standard InChI is InChI=1S/C7H8N2OS/c10-9-7(11)8-6-4-2-1-3-5-6/h1-5,10H,(H2,8,9,11). The summed E-state index contributed by atoms with van der Waals surface area (Å²) in [6.07, 6.45) is 0. The lowest BCUT2D eigenvalue weighted by atomic mass is 10.3. The summed E-state index contributed by atoms with van der Waals surface area (Å²) in [7, 11) is 0. The van der Waals surface area contributed by atoms with E-state index in [9.17, 15) is 0 Å². The van der Waals surface area contributed by atoms with Crippen LogP contribution in [-0.2, 0) is 0 Å². The summed E-state index contributed by atoms with van der Waals surface area (Å²) in [6, 6.07) is 9.36. The quantitative estimate of drug-likeness (QED) is 0.437. The molecule has 0 spiro atoms. The van der Waals surface area contributed by atoms with Crippen molar-refractivity contribution in [2.75, 3.05) is 5.32 Å². The minimum absolute atomic E-state index is 0.191. The van der Waals surface area contributed by atoms with Gasteiger partial charge in [0.05, 0.1) is 0 Å². The Kier molecular flexibility index (Phi) is 2.83. The van der Waals surface area contributed by atoms with Crippen molar-refractivity contribution >= 4 is 23.0 Å². The summed E-state index contributed by atoms with van der Waals surface area (Å²) in [4.78, 5) is 0. The molecule has 0 aromatic heterocycles. The van der Waals surface area contributed by atoms with Crippen molar-refractivity contribution in [3.8, 4) is 0 Å². The lowest BCUT2D eigenvalue weighted by Gasteiger charge is -2.04. The van der Waals surface area contributed by atoms with Crippen molar-refractivity contribution in [3.05, 3.63) is 30.3 Å². The van der Waals surface area contributed by atoms with Crippen LogP contribution in [-0.4, -0.2) is 10.3 Å². The highest BCUT2D eigenvalue weighted by atomic mass is 32.1. The van der Waals surface area contributed by atoms with Crippen LogP contribution < -0.4 is 10.8 Å². The largest absolute Gasteiger partial charge is 0.331 e. The summed E-state index contributed by atoms with van der Waals surface area (Å²) >= 11 is 4.67. The summed E-state index contributed by atoms with van der Waals surface area (Å²) in [6.45, 7) is 0. The first-order valence-corrected chi connectivity index (χ1v) is 3.50. The van der Waals surface area contributed by atoms with Crippen molar-refractivity contribution in [1.29, 1.82) is 0 Å². The number of anilines is 1. The van der Waals surface area contributed by atoms with Crippen LogP contribution in [0.3, 0.4) is 0 Å². The molecule has 0 saturated carbocycles. The average molecular weight is 168 g/mol. The van der Waals surface area contributed by atoms with Gasteiger partial charge in [-0.2, -0.15) is 0 Å². The van der Waals surface area contributed by atoms with Crippen LogP contribution >= 0.6 is 12.2 Å². The number of rotatable bonds is 1. The maximum atomic E-state index is 8.34. The zero-order chi connectivity index (χ0) is 8.10. The van der Waals surface area contributed by atoms with E-state index >= 15 is 0 Å². The molecule has 0 aliphatic carbocycles. The van der Waals surface area contributed by atoms with Gasteiger partial charge in [-0.3, -0.25) is 5.21 Å². The summed E-state index contributed by atoms with van der Waals surface area (Å²) in [5.41, 5.74) is 2.68. The fourth-order valence-electron chi connectivity index (χ4n) is 0.681. The van der Waals surface area contributed by atoms with Crippen LogP contribution in [0, 0.1) is 0 Å². The van der Waals surface area contributed by atoms with E-state index in [1.165, 1.54) is 0 Å².